The number of carbonyl (C=O) groups is 2. The molecule has 0 radical (unpaired) electrons. The van der Waals surface area contributed by atoms with Crippen LogP contribution < -0.4 is 5.32 Å². The maximum Gasteiger partial charge on any atom is 0.326 e. The van der Waals surface area contributed by atoms with E-state index >= 15 is 0 Å². The van der Waals surface area contributed by atoms with Gasteiger partial charge < -0.3 is 15.2 Å². The van der Waals surface area contributed by atoms with Crippen molar-refractivity contribution in [2.75, 3.05) is 6.61 Å². The minimum absolute atomic E-state index is 0.0201. The van der Waals surface area contributed by atoms with E-state index in [0.717, 1.165) is 6.42 Å². The Kier molecular flexibility index (Phi) is 5.45. The van der Waals surface area contributed by atoms with Crippen LogP contribution in [0.1, 0.15) is 18.4 Å². The van der Waals surface area contributed by atoms with E-state index in [1.807, 2.05) is 0 Å². The highest BCUT2D eigenvalue weighted by Gasteiger charge is 2.29. The van der Waals surface area contributed by atoms with Gasteiger partial charge in [-0.1, -0.05) is 29.3 Å². The predicted octanol–water partition coefficient (Wildman–Crippen LogP) is 2.28. The fourth-order valence-corrected chi connectivity index (χ4v) is 2.73. The standard InChI is InChI=1S/C14H15Cl2NO4/c15-9-3-1-4-10(16)8(9)7-11(14(19)20)17-13(18)12-5-2-6-21-12/h1,3-4,11-12H,2,5-7H2,(H,17,18)(H,19,20)/t11-,12+/m0/s1. The van der Waals surface area contributed by atoms with Gasteiger partial charge in [0.15, 0.2) is 0 Å². The van der Waals surface area contributed by atoms with Crippen LogP contribution >= 0.6 is 23.2 Å². The van der Waals surface area contributed by atoms with Crippen LogP contribution in [0.25, 0.3) is 0 Å². The van der Waals surface area contributed by atoms with Crippen LogP contribution in [-0.4, -0.2) is 35.7 Å². The van der Waals surface area contributed by atoms with Gasteiger partial charge in [0.05, 0.1) is 0 Å². The van der Waals surface area contributed by atoms with E-state index in [2.05, 4.69) is 5.32 Å². The number of nitrogens with one attached hydrogen (secondary N) is 1. The molecule has 1 heterocycles. The third-order valence-corrected chi connectivity index (χ3v) is 4.01. The van der Waals surface area contributed by atoms with Gasteiger partial charge in [0, 0.05) is 23.1 Å². The minimum atomic E-state index is -1.14. The van der Waals surface area contributed by atoms with Gasteiger partial charge in [0.25, 0.3) is 0 Å². The van der Waals surface area contributed by atoms with Gasteiger partial charge in [-0.2, -0.15) is 0 Å². The van der Waals surface area contributed by atoms with Crippen LogP contribution in [0.3, 0.4) is 0 Å². The second-order valence-corrected chi connectivity index (χ2v) is 5.62. The van der Waals surface area contributed by atoms with Crippen LogP contribution in [0.4, 0.5) is 0 Å². The highest BCUT2D eigenvalue weighted by Crippen LogP contribution is 2.25. The Morgan fingerprint density at radius 2 is 2.05 bits per heavy atom. The third-order valence-electron chi connectivity index (χ3n) is 3.31. The number of ether oxygens (including phenoxy) is 1. The number of aliphatic carboxylic acids is 1. The molecule has 7 heteroatoms. The monoisotopic (exact) mass is 331 g/mol. The summed E-state index contributed by atoms with van der Waals surface area (Å²) < 4.78 is 5.24. The molecule has 1 aliphatic rings. The van der Waals surface area contributed by atoms with Crippen LogP contribution in [0.5, 0.6) is 0 Å². The largest absolute Gasteiger partial charge is 0.480 e. The lowest BCUT2D eigenvalue weighted by Crippen LogP contribution is -2.46. The van der Waals surface area contributed by atoms with Gasteiger partial charge in [-0.15, -0.1) is 0 Å². The summed E-state index contributed by atoms with van der Waals surface area (Å²) in [5.41, 5.74) is 0.501. The van der Waals surface area contributed by atoms with E-state index in [9.17, 15) is 14.7 Å². The number of rotatable bonds is 5. The first-order valence-corrected chi connectivity index (χ1v) is 7.32. The Labute approximate surface area is 132 Å². The summed E-state index contributed by atoms with van der Waals surface area (Å²) in [7, 11) is 0. The maximum atomic E-state index is 12.0. The highest BCUT2D eigenvalue weighted by molar-refractivity contribution is 6.36. The van der Waals surface area contributed by atoms with E-state index in [1.165, 1.54) is 0 Å². The SMILES string of the molecule is O=C(O)[C@H](Cc1c(Cl)cccc1Cl)NC(=O)[C@H]1CCCO1. The minimum Gasteiger partial charge on any atom is -0.480 e. The summed E-state index contributed by atoms with van der Waals surface area (Å²) in [6.45, 7) is 0.520. The molecular weight excluding hydrogens is 317 g/mol. The molecule has 1 fully saturated rings. The Balaban J connectivity index is 2.09. The zero-order valence-corrected chi connectivity index (χ0v) is 12.7. The Bertz CT molecular complexity index is 524. The second-order valence-electron chi connectivity index (χ2n) is 4.81. The quantitative estimate of drug-likeness (QED) is 0.867. The summed E-state index contributed by atoms with van der Waals surface area (Å²) >= 11 is 12.1. The number of carboxylic acids is 1. The van der Waals surface area contributed by atoms with Crippen molar-refractivity contribution in [1.82, 2.24) is 5.32 Å². The van der Waals surface area contributed by atoms with E-state index in [1.54, 1.807) is 18.2 Å². The van der Waals surface area contributed by atoms with Crippen LogP contribution in [0, 0.1) is 0 Å². The number of hydrogen-bond acceptors (Lipinski definition) is 3. The summed E-state index contributed by atoms with van der Waals surface area (Å²) in [5, 5.41) is 12.5. The van der Waals surface area contributed by atoms with Gasteiger partial charge in [-0.05, 0) is 30.5 Å². The number of carboxylic acid groups (broad SMARTS) is 1. The number of hydrogen-bond donors (Lipinski definition) is 2. The van der Waals surface area contributed by atoms with Gasteiger partial charge in [-0.3, -0.25) is 4.79 Å². The van der Waals surface area contributed by atoms with E-state index in [0.29, 0.717) is 28.6 Å². The third kappa shape index (κ3) is 4.09. The molecule has 1 amide bonds. The van der Waals surface area contributed by atoms with Crippen LogP contribution in [-0.2, 0) is 20.7 Å². The number of amides is 1. The van der Waals surface area contributed by atoms with Crippen molar-refractivity contribution in [3.05, 3.63) is 33.8 Å². The van der Waals surface area contributed by atoms with Crippen molar-refractivity contribution in [2.24, 2.45) is 0 Å². The van der Waals surface area contributed by atoms with Gasteiger partial charge in [0.1, 0.15) is 12.1 Å². The fourth-order valence-electron chi connectivity index (χ4n) is 2.18. The molecule has 2 atom stereocenters. The molecule has 2 N–H and O–H groups in total. The van der Waals surface area contributed by atoms with Crippen molar-refractivity contribution >= 4 is 35.1 Å². The molecule has 1 aromatic rings. The predicted molar refractivity (Wildman–Crippen MR) is 78.7 cm³/mol. The van der Waals surface area contributed by atoms with Crippen LogP contribution in [0.15, 0.2) is 18.2 Å². The highest BCUT2D eigenvalue weighted by atomic mass is 35.5. The number of halogens is 2. The molecule has 0 bridgehead atoms. The lowest BCUT2D eigenvalue weighted by atomic mass is 10.1. The lowest BCUT2D eigenvalue weighted by Gasteiger charge is -2.18. The molecule has 1 saturated heterocycles. The smallest absolute Gasteiger partial charge is 0.326 e. The molecule has 0 aliphatic carbocycles. The molecule has 0 unspecified atom stereocenters. The molecule has 2 rings (SSSR count). The molecule has 114 valence electrons. The number of benzene rings is 1. The van der Waals surface area contributed by atoms with Crippen molar-refractivity contribution in [3.63, 3.8) is 0 Å². The molecule has 0 aromatic heterocycles. The van der Waals surface area contributed by atoms with Gasteiger partial charge in [0.2, 0.25) is 5.91 Å². The first kappa shape index (κ1) is 16.1. The summed E-state index contributed by atoms with van der Waals surface area (Å²) in [5.74, 6) is -1.56. The first-order valence-electron chi connectivity index (χ1n) is 6.56. The second kappa shape index (κ2) is 7.11. The normalized spacial score (nSPS) is 19.2. The molecule has 21 heavy (non-hydrogen) atoms. The topological polar surface area (TPSA) is 75.6 Å². The molecule has 1 aromatic carbocycles. The summed E-state index contributed by atoms with van der Waals surface area (Å²) in [6.07, 6.45) is 0.845. The zero-order valence-electron chi connectivity index (χ0n) is 11.1. The number of carbonyl (C=O) groups excluding carboxylic acids is 1. The molecule has 0 saturated carbocycles. The van der Waals surface area contributed by atoms with Crippen molar-refractivity contribution in [2.45, 2.75) is 31.4 Å². The van der Waals surface area contributed by atoms with Crippen molar-refractivity contribution in [1.29, 1.82) is 0 Å². The Morgan fingerprint density at radius 1 is 1.38 bits per heavy atom. The Morgan fingerprint density at radius 3 is 2.57 bits per heavy atom. The van der Waals surface area contributed by atoms with Crippen molar-refractivity contribution in [3.8, 4) is 0 Å². The average molecular weight is 332 g/mol. The van der Waals surface area contributed by atoms with Gasteiger partial charge in [-0.25, -0.2) is 4.79 Å². The van der Waals surface area contributed by atoms with Gasteiger partial charge >= 0.3 is 5.97 Å². The fraction of sp³-hybridized carbons (Fsp3) is 0.429. The molecular formula is C14H15Cl2NO4. The summed E-state index contributed by atoms with van der Waals surface area (Å²) in [4.78, 5) is 23.3. The van der Waals surface area contributed by atoms with Crippen LogP contribution in [0.2, 0.25) is 10.0 Å². The van der Waals surface area contributed by atoms with E-state index < -0.39 is 24.0 Å². The van der Waals surface area contributed by atoms with E-state index in [4.69, 9.17) is 27.9 Å². The lowest BCUT2D eigenvalue weighted by molar-refractivity contribution is -0.143. The molecule has 5 nitrogen and oxygen atoms in total. The maximum absolute atomic E-state index is 12.0. The molecule has 0 spiro atoms. The van der Waals surface area contributed by atoms with Crippen molar-refractivity contribution < 1.29 is 19.4 Å². The average Bonchev–Trinajstić information content (AvgIpc) is 2.95. The Hall–Kier alpha value is -1.30. The first-order chi connectivity index (χ1) is 9.99. The zero-order chi connectivity index (χ0) is 15.4. The van der Waals surface area contributed by atoms with E-state index in [-0.39, 0.29) is 6.42 Å². The summed E-state index contributed by atoms with van der Waals surface area (Å²) in [6, 6.07) is 3.83. The molecule has 1 aliphatic heterocycles.